The van der Waals surface area contributed by atoms with Crippen molar-refractivity contribution in [1.29, 1.82) is 0 Å². The molecule has 8 heteroatoms. The second kappa shape index (κ2) is 8.01. The maximum absolute atomic E-state index is 13.1. The number of sulfonamides is 1. The number of carbonyl (C=O) groups is 1. The minimum absolute atomic E-state index is 0.0433. The zero-order valence-corrected chi connectivity index (χ0v) is 15.0. The summed E-state index contributed by atoms with van der Waals surface area (Å²) in [4.78, 5) is 12.3. The van der Waals surface area contributed by atoms with E-state index in [2.05, 4.69) is 5.32 Å². The Kier molecular flexibility index (Phi) is 5.73. The Hall–Kier alpha value is -2.19. The third-order valence-electron chi connectivity index (χ3n) is 4.45. The molecule has 1 aromatic heterocycles. The molecule has 140 valence electrons. The Bertz CT molecular complexity index is 835. The Morgan fingerprint density at radius 2 is 2.00 bits per heavy atom. The van der Waals surface area contributed by atoms with Crippen LogP contribution in [0.3, 0.4) is 0 Å². The van der Waals surface area contributed by atoms with E-state index in [1.54, 1.807) is 12.1 Å². The fraction of sp³-hybridized carbons (Fsp3) is 0.389. The molecule has 0 unspecified atom stereocenters. The van der Waals surface area contributed by atoms with Crippen molar-refractivity contribution in [3.05, 3.63) is 54.2 Å². The standard InChI is InChI=1S/C18H21FN2O4S/c19-14-6-8-17(9-7-14)26(23,24)21-10-2-1-4-15(21)12-18(22)20-13-16-5-3-11-25-16/h3,5-9,11,15H,1-2,4,10,12-13H2,(H,20,22)/t15-/m0/s1. The number of halogens is 1. The van der Waals surface area contributed by atoms with Crippen LogP contribution in [0.1, 0.15) is 31.4 Å². The van der Waals surface area contributed by atoms with E-state index >= 15 is 0 Å². The lowest BCUT2D eigenvalue weighted by atomic mass is 10.0. The zero-order valence-electron chi connectivity index (χ0n) is 14.2. The lowest BCUT2D eigenvalue weighted by Crippen LogP contribution is -2.45. The lowest BCUT2D eigenvalue weighted by Gasteiger charge is -2.34. The van der Waals surface area contributed by atoms with Gasteiger partial charge in [0, 0.05) is 19.0 Å². The van der Waals surface area contributed by atoms with E-state index in [4.69, 9.17) is 4.42 Å². The second-order valence-corrected chi connectivity index (χ2v) is 8.17. The molecule has 1 atom stereocenters. The molecule has 1 aromatic carbocycles. The molecule has 3 rings (SSSR count). The molecular formula is C18H21FN2O4S. The van der Waals surface area contributed by atoms with E-state index in [1.807, 2.05) is 0 Å². The fourth-order valence-corrected chi connectivity index (χ4v) is 4.81. The molecule has 1 aliphatic heterocycles. The predicted octanol–water partition coefficient (Wildman–Crippen LogP) is 2.67. The SMILES string of the molecule is O=C(C[C@@H]1CCCCN1S(=O)(=O)c1ccc(F)cc1)NCc1ccco1. The van der Waals surface area contributed by atoms with Crippen molar-refractivity contribution in [3.63, 3.8) is 0 Å². The van der Waals surface area contributed by atoms with Crippen LogP contribution in [-0.2, 0) is 21.4 Å². The third kappa shape index (κ3) is 4.31. The Labute approximate surface area is 152 Å². The third-order valence-corrected chi connectivity index (χ3v) is 6.42. The van der Waals surface area contributed by atoms with Crippen LogP contribution in [0.4, 0.5) is 4.39 Å². The first-order chi connectivity index (χ1) is 12.5. The molecule has 1 amide bonds. The van der Waals surface area contributed by atoms with Gasteiger partial charge in [0.1, 0.15) is 11.6 Å². The number of nitrogens with one attached hydrogen (secondary N) is 1. The van der Waals surface area contributed by atoms with Gasteiger partial charge in [-0.3, -0.25) is 4.79 Å². The Morgan fingerprint density at radius 3 is 2.69 bits per heavy atom. The van der Waals surface area contributed by atoms with Crippen LogP contribution >= 0.6 is 0 Å². The number of amides is 1. The van der Waals surface area contributed by atoms with Crippen LogP contribution in [0.5, 0.6) is 0 Å². The van der Waals surface area contributed by atoms with Gasteiger partial charge in [-0.1, -0.05) is 6.42 Å². The number of nitrogens with zero attached hydrogens (tertiary/aromatic N) is 1. The highest BCUT2D eigenvalue weighted by Gasteiger charge is 2.34. The fourth-order valence-electron chi connectivity index (χ4n) is 3.12. The van der Waals surface area contributed by atoms with Crippen molar-refractivity contribution < 1.29 is 22.0 Å². The van der Waals surface area contributed by atoms with Gasteiger partial charge >= 0.3 is 0 Å². The number of furan rings is 1. The van der Waals surface area contributed by atoms with Crippen molar-refractivity contribution in [3.8, 4) is 0 Å². The van der Waals surface area contributed by atoms with Gasteiger partial charge in [-0.15, -0.1) is 0 Å². The molecule has 6 nitrogen and oxygen atoms in total. The molecule has 1 aliphatic rings. The molecule has 2 heterocycles. The summed E-state index contributed by atoms with van der Waals surface area (Å²) in [5, 5.41) is 2.75. The lowest BCUT2D eigenvalue weighted by molar-refractivity contribution is -0.122. The molecule has 0 radical (unpaired) electrons. The van der Waals surface area contributed by atoms with Gasteiger partial charge in [-0.25, -0.2) is 12.8 Å². The van der Waals surface area contributed by atoms with Crippen molar-refractivity contribution in [2.45, 2.75) is 43.2 Å². The first-order valence-corrected chi connectivity index (χ1v) is 9.97. The highest BCUT2D eigenvalue weighted by molar-refractivity contribution is 7.89. The molecule has 1 saturated heterocycles. The number of hydrogen-bond donors (Lipinski definition) is 1. The van der Waals surface area contributed by atoms with Crippen molar-refractivity contribution in [2.75, 3.05) is 6.54 Å². The van der Waals surface area contributed by atoms with Gasteiger partial charge in [-0.2, -0.15) is 4.31 Å². The average Bonchev–Trinajstić information content (AvgIpc) is 3.14. The van der Waals surface area contributed by atoms with E-state index in [1.165, 1.54) is 22.7 Å². The maximum Gasteiger partial charge on any atom is 0.243 e. The molecule has 0 bridgehead atoms. The number of piperidine rings is 1. The van der Waals surface area contributed by atoms with Crippen LogP contribution in [0.25, 0.3) is 0 Å². The second-order valence-electron chi connectivity index (χ2n) is 6.28. The number of carbonyl (C=O) groups excluding carboxylic acids is 1. The van der Waals surface area contributed by atoms with Crippen molar-refractivity contribution in [2.24, 2.45) is 0 Å². The van der Waals surface area contributed by atoms with E-state index in [-0.39, 0.29) is 23.8 Å². The zero-order chi connectivity index (χ0) is 18.6. The van der Waals surface area contributed by atoms with Crippen molar-refractivity contribution >= 4 is 15.9 Å². The van der Waals surface area contributed by atoms with E-state index in [0.717, 1.165) is 25.0 Å². The number of benzene rings is 1. The summed E-state index contributed by atoms with van der Waals surface area (Å²) in [6, 6.07) is 7.85. The first-order valence-electron chi connectivity index (χ1n) is 8.53. The van der Waals surface area contributed by atoms with Crippen molar-refractivity contribution in [1.82, 2.24) is 9.62 Å². The van der Waals surface area contributed by atoms with E-state index < -0.39 is 21.9 Å². The minimum atomic E-state index is -3.76. The first kappa shape index (κ1) is 18.6. The largest absolute Gasteiger partial charge is 0.467 e. The quantitative estimate of drug-likeness (QED) is 0.836. The summed E-state index contributed by atoms with van der Waals surface area (Å²) < 4.78 is 45.4. The maximum atomic E-state index is 13.1. The average molecular weight is 380 g/mol. The molecule has 2 aromatic rings. The van der Waals surface area contributed by atoms with Gasteiger partial charge in [0.15, 0.2) is 0 Å². The minimum Gasteiger partial charge on any atom is -0.467 e. The number of rotatable bonds is 6. The highest BCUT2D eigenvalue weighted by Crippen LogP contribution is 2.27. The summed E-state index contributed by atoms with van der Waals surface area (Å²) in [5.74, 6) is -0.0816. The molecule has 0 spiro atoms. The van der Waals surface area contributed by atoms with Crippen LogP contribution in [0, 0.1) is 5.82 Å². The van der Waals surface area contributed by atoms with Gasteiger partial charge in [0.2, 0.25) is 15.9 Å². The van der Waals surface area contributed by atoms with Gasteiger partial charge in [0.05, 0.1) is 17.7 Å². The summed E-state index contributed by atoms with van der Waals surface area (Å²) >= 11 is 0. The van der Waals surface area contributed by atoms with Crippen LogP contribution < -0.4 is 5.32 Å². The summed E-state index contributed by atoms with van der Waals surface area (Å²) in [6.07, 6.45) is 3.84. The van der Waals surface area contributed by atoms with Crippen LogP contribution in [0.15, 0.2) is 52.0 Å². The Morgan fingerprint density at radius 1 is 1.23 bits per heavy atom. The molecule has 0 saturated carbocycles. The molecule has 26 heavy (non-hydrogen) atoms. The van der Waals surface area contributed by atoms with E-state index in [9.17, 15) is 17.6 Å². The van der Waals surface area contributed by atoms with Gasteiger partial charge < -0.3 is 9.73 Å². The summed E-state index contributed by atoms with van der Waals surface area (Å²) in [7, 11) is -3.76. The van der Waals surface area contributed by atoms with Gasteiger partial charge in [-0.05, 0) is 49.2 Å². The monoisotopic (exact) mass is 380 g/mol. The molecule has 1 fully saturated rings. The normalized spacial score (nSPS) is 18.6. The smallest absolute Gasteiger partial charge is 0.243 e. The van der Waals surface area contributed by atoms with Crippen LogP contribution in [0.2, 0.25) is 0 Å². The number of hydrogen-bond acceptors (Lipinski definition) is 4. The summed E-state index contributed by atoms with van der Waals surface area (Å²) in [5.41, 5.74) is 0. The summed E-state index contributed by atoms with van der Waals surface area (Å²) in [6.45, 7) is 0.624. The molecule has 0 aliphatic carbocycles. The predicted molar refractivity (Wildman–Crippen MR) is 93.1 cm³/mol. The topological polar surface area (TPSA) is 79.6 Å². The highest BCUT2D eigenvalue weighted by atomic mass is 32.2. The molecule has 1 N–H and O–H groups in total. The molecular weight excluding hydrogens is 359 g/mol. The van der Waals surface area contributed by atoms with Crippen LogP contribution in [-0.4, -0.2) is 31.2 Å². The van der Waals surface area contributed by atoms with E-state index in [0.29, 0.717) is 18.7 Å². The Balaban J connectivity index is 1.68. The van der Waals surface area contributed by atoms with Gasteiger partial charge in [0.25, 0.3) is 0 Å².